The predicted molar refractivity (Wildman–Crippen MR) is 47.1 cm³/mol. The fraction of sp³-hybridized carbons (Fsp3) is 0.889. The van der Waals surface area contributed by atoms with Crippen LogP contribution in [0.15, 0.2) is 0 Å². The van der Waals surface area contributed by atoms with Gasteiger partial charge in [-0.1, -0.05) is 32.1 Å². The lowest BCUT2D eigenvalue weighted by Gasteiger charge is -2.21. The molecule has 1 aliphatic carbocycles. The minimum Gasteiger partial charge on any atom is -0.365 e. The molecular formula is C9H19N2O+. The van der Waals surface area contributed by atoms with E-state index in [0.29, 0.717) is 5.92 Å². The summed E-state index contributed by atoms with van der Waals surface area (Å²) in [5, 5.41) is 0. The summed E-state index contributed by atoms with van der Waals surface area (Å²) in [6, 6.07) is -0.173. The standard InChI is InChI=1S/C9H18N2O/c10-8(9(11)12)6-7-4-2-1-3-5-7/h7-8H,1-6,10H2,(H2,11,12)/p+1/t8-/m1/s1. The summed E-state index contributed by atoms with van der Waals surface area (Å²) in [7, 11) is 0. The van der Waals surface area contributed by atoms with Crippen LogP contribution >= 0.6 is 0 Å². The zero-order valence-electron chi connectivity index (χ0n) is 7.59. The molecule has 0 radical (unpaired) electrons. The third-order valence-electron chi connectivity index (χ3n) is 2.74. The van der Waals surface area contributed by atoms with Gasteiger partial charge in [0, 0.05) is 6.42 Å². The highest BCUT2D eigenvalue weighted by molar-refractivity contribution is 5.78. The number of hydrogen-bond acceptors (Lipinski definition) is 1. The maximum absolute atomic E-state index is 10.7. The quantitative estimate of drug-likeness (QED) is 0.619. The van der Waals surface area contributed by atoms with Crippen molar-refractivity contribution < 1.29 is 10.5 Å². The van der Waals surface area contributed by atoms with E-state index in [1.807, 2.05) is 0 Å². The molecule has 1 aliphatic rings. The lowest BCUT2D eigenvalue weighted by Crippen LogP contribution is -2.67. The number of nitrogens with two attached hydrogens (primary N) is 1. The van der Waals surface area contributed by atoms with E-state index in [1.165, 1.54) is 32.1 Å². The lowest BCUT2D eigenvalue weighted by molar-refractivity contribution is -0.406. The number of rotatable bonds is 3. The van der Waals surface area contributed by atoms with Crippen molar-refractivity contribution in [1.82, 2.24) is 0 Å². The average Bonchev–Trinajstić information content (AvgIpc) is 2.06. The van der Waals surface area contributed by atoms with Crippen LogP contribution in [0, 0.1) is 5.92 Å². The van der Waals surface area contributed by atoms with Crippen LogP contribution in [0.25, 0.3) is 0 Å². The highest BCUT2D eigenvalue weighted by Crippen LogP contribution is 2.26. The Labute approximate surface area is 73.5 Å². The third kappa shape index (κ3) is 2.81. The number of hydrogen-bond donors (Lipinski definition) is 2. The summed E-state index contributed by atoms with van der Waals surface area (Å²) in [4.78, 5) is 10.7. The first kappa shape index (κ1) is 9.52. The highest BCUT2D eigenvalue weighted by atomic mass is 16.1. The van der Waals surface area contributed by atoms with Gasteiger partial charge in [0.25, 0.3) is 5.91 Å². The van der Waals surface area contributed by atoms with Crippen molar-refractivity contribution in [2.24, 2.45) is 11.7 Å². The van der Waals surface area contributed by atoms with Crippen molar-refractivity contribution in [3.8, 4) is 0 Å². The molecule has 1 atom stereocenters. The fourth-order valence-electron chi connectivity index (χ4n) is 1.94. The first-order valence-electron chi connectivity index (χ1n) is 4.82. The SMILES string of the molecule is NC(=O)[C@H]([NH3+])CC1CCCCC1. The Kier molecular flexibility index (Phi) is 3.53. The van der Waals surface area contributed by atoms with Gasteiger partial charge in [0.2, 0.25) is 0 Å². The Hall–Kier alpha value is -0.570. The molecule has 1 saturated carbocycles. The molecule has 1 fully saturated rings. The Bertz CT molecular complexity index is 153. The molecule has 1 amide bonds. The van der Waals surface area contributed by atoms with Crippen LogP contribution in [0.4, 0.5) is 0 Å². The second-order valence-electron chi connectivity index (χ2n) is 3.84. The van der Waals surface area contributed by atoms with Gasteiger partial charge in [-0.25, -0.2) is 0 Å². The first-order valence-corrected chi connectivity index (χ1v) is 4.82. The van der Waals surface area contributed by atoms with Crippen LogP contribution in [-0.2, 0) is 4.79 Å². The summed E-state index contributed by atoms with van der Waals surface area (Å²) in [5.74, 6) is 0.453. The zero-order valence-corrected chi connectivity index (χ0v) is 7.59. The molecular weight excluding hydrogens is 152 g/mol. The lowest BCUT2D eigenvalue weighted by atomic mass is 9.85. The number of carbonyl (C=O) groups is 1. The summed E-state index contributed by atoms with van der Waals surface area (Å²) >= 11 is 0. The molecule has 70 valence electrons. The third-order valence-corrected chi connectivity index (χ3v) is 2.74. The Balaban J connectivity index is 2.24. The molecule has 12 heavy (non-hydrogen) atoms. The van der Waals surface area contributed by atoms with Crippen LogP contribution in [0.1, 0.15) is 38.5 Å². The molecule has 0 bridgehead atoms. The van der Waals surface area contributed by atoms with Crippen molar-refractivity contribution in [3.63, 3.8) is 0 Å². The topological polar surface area (TPSA) is 70.7 Å². The Morgan fingerprint density at radius 2 is 2.00 bits per heavy atom. The van der Waals surface area contributed by atoms with E-state index >= 15 is 0 Å². The fourth-order valence-corrected chi connectivity index (χ4v) is 1.94. The van der Waals surface area contributed by atoms with E-state index in [1.54, 1.807) is 0 Å². The molecule has 0 aliphatic heterocycles. The summed E-state index contributed by atoms with van der Waals surface area (Å²) in [6.45, 7) is 0. The second kappa shape index (κ2) is 4.45. The van der Waals surface area contributed by atoms with Gasteiger partial charge in [0.15, 0.2) is 6.04 Å². The molecule has 3 nitrogen and oxygen atoms in total. The van der Waals surface area contributed by atoms with E-state index in [-0.39, 0.29) is 11.9 Å². The van der Waals surface area contributed by atoms with Gasteiger partial charge >= 0.3 is 0 Å². The van der Waals surface area contributed by atoms with E-state index in [2.05, 4.69) is 5.73 Å². The molecule has 0 aromatic carbocycles. The molecule has 0 heterocycles. The summed E-state index contributed by atoms with van der Waals surface area (Å²) < 4.78 is 0. The predicted octanol–water partition coefficient (Wildman–Crippen LogP) is 0.0526. The second-order valence-corrected chi connectivity index (χ2v) is 3.84. The van der Waals surface area contributed by atoms with Crippen LogP contribution in [0.2, 0.25) is 0 Å². The van der Waals surface area contributed by atoms with Gasteiger partial charge in [0.05, 0.1) is 0 Å². The molecule has 1 rings (SSSR count). The van der Waals surface area contributed by atoms with Gasteiger partial charge in [-0.3, -0.25) is 4.79 Å². The highest BCUT2D eigenvalue weighted by Gasteiger charge is 2.21. The van der Waals surface area contributed by atoms with Crippen LogP contribution in [0.5, 0.6) is 0 Å². The van der Waals surface area contributed by atoms with Gasteiger partial charge in [-0.15, -0.1) is 0 Å². The van der Waals surface area contributed by atoms with Crippen molar-refractivity contribution in [2.75, 3.05) is 0 Å². The molecule has 0 spiro atoms. The Morgan fingerprint density at radius 3 is 2.50 bits per heavy atom. The minimum atomic E-state index is -0.249. The molecule has 0 unspecified atom stereocenters. The summed E-state index contributed by atoms with van der Waals surface area (Å²) in [5.41, 5.74) is 8.91. The van der Waals surface area contributed by atoms with Crippen LogP contribution in [-0.4, -0.2) is 11.9 Å². The maximum Gasteiger partial charge on any atom is 0.275 e. The van der Waals surface area contributed by atoms with Crippen molar-refractivity contribution >= 4 is 5.91 Å². The van der Waals surface area contributed by atoms with E-state index in [0.717, 1.165) is 6.42 Å². The maximum atomic E-state index is 10.7. The average molecular weight is 171 g/mol. The van der Waals surface area contributed by atoms with E-state index < -0.39 is 0 Å². The summed E-state index contributed by atoms with van der Waals surface area (Å²) in [6.07, 6.45) is 7.41. The van der Waals surface area contributed by atoms with Gasteiger partial charge < -0.3 is 11.5 Å². The first-order chi connectivity index (χ1) is 5.70. The minimum absolute atomic E-state index is 0.173. The van der Waals surface area contributed by atoms with Crippen LogP contribution < -0.4 is 11.5 Å². The normalized spacial score (nSPS) is 22.1. The largest absolute Gasteiger partial charge is 0.365 e. The molecule has 3 heteroatoms. The van der Waals surface area contributed by atoms with Crippen LogP contribution in [0.3, 0.4) is 0 Å². The Morgan fingerprint density at radius 1 is 1.42 bits per heavy atom. The van der Waals surface area contributed by atoms with Crippen molar-refractivity contribution in [1.29, 1.82) is 0 Å². The van der Waals surface area contributed by atoms with Gasteiger partial charge in [0.1, 0.15) is 0 Å². The molecule has 0 saturated heterocycles. The smallest absolute Gasteiger partial charge is 0.275 e. The van der Waals surface area contributed by atoms with Crippen molar-refractivity contribution in [2.45, 2.75) is 44.6 Å². The zero-order chi connectivity index (χ0) is 8.97. The molecule has 5 N–H and O–H groups in total. The number of amides is 1. The molecule has 0 aromatic rings. The number of quaternary nitrogens is 1. The van der Waals surface area contributed by atoms with E-state index in [9.17, 15) is 4.79 Å². The van der Waals surface area contributed by atoms with Crippen molar-refractivity contribution in [3.05, 3.63) is 0 Å². The number of primary amides is 1. The monoisotopic (exact) mass is 171 g/mol. The van der Waals surface area contributed by atoms with Gasteiger partial charge in [-0.05, 0) is 5.92 Å². The van der Waals surface area contributed by atoms with E-state index in [4.69, 9.17) is 5.73 Å². The molecule has 0 aromatic heterocycles. The number of carbonyl (C=O) groups excluding carboxylic acids is 1. The van der Waals surface area contributed by atoms with Gasteiger partial charge in [-0.2, -0.15) is 0 Å².